The Labute approximate surface area is 243 Å². The third-order valence-electron chi connectivity index (χ3n) is 8.33. The van der Waals surface area contributed by atoms with E-state index in [0.29, 0.717) is 0 Å². The molecule has 1 saturated heterocycles. The van der Waals surface area contributed by atoms with Crippen LogP contribution in [0.3, 0.4) is 0 Å². The number of imidazole rings is 2. The maximum atomic E-state index is 6.69. The number of anilines is 2. The van der Waals surface area contributed by atoms with Crippen molar-refractivity contribution >= 4 is 33.4 Å². The molecule has 2 aromatic heterocycles. The standard InChI is InChI=1S/C34H32N6O2/c1-21-35-27-7-3-23(17-29(27)37-21)25-5-9-31-33(19-25)42-34-20-26(24-4-8-28-30(18-24)38-22(2)36-28)6-10-32(34)40(31)12-11-39-13-15-41-16-14-39/h3-10,17-20H,11-16H2,1-2H3,(H,35,37)(H,36,38). The second kappa shape index (κ2) is 10.0. The molecule has 0 amide bonds. The summed E-state index contributed by atoms with van der Waals surface area (Å²) in [6.45, 7) is 9.31. The molecule has 8 heteroatoms. The molecule has 42 heavy (non-hydrogen) atoms. The maximum Gasteiger partial charge on any atom is 0.151 e. The van der Waals surface area contributed by atoms with Gasteiger partial charge < -0.3 is 24.3 Å². The predicted molar refractivity (Wildman–Crippen MR) is 167 cm³/mol. The van der Waals surface area contributed by atoms with Crippen molar-refractivity contribution in [3.63, 3.8) is 0 Å². The predicted octanol–water partition coefficient (Wildman–Crippen LogP) is 6.97. The molecule has 0 atom stereocenters. The van der Waals surface area contributed by atoms with Gasteiger partial charge in [-0.2, -0.15) is 0 Å². The summed E-state index contributed by atoms with van der Waals surface area (Å²) in [6.07, 6.45) is 0. The van der Waals surface area contributed by atoms with Crippen LogP contribution in [0, 0.1) is 13.8 Å². The summed E-state index contributed by atoms with van der Waals surface area (Å²) in [5.74, 6) is 3.56. The molecule has 6 aromatic rings. The number of ether oxygens (including phenoxy) is 2. The van der Waals surface area contributed by atoms with E-state index in [0.717, 1.165) is 118 Å². The van der Waals surface area contributed by atoms with Gasteiger partial charge in [-0.3, -0.25) is 4.90 Å². The van der Waals surface area contributed by atoms with Gasteiger partial charge in [0.15, 0.2) is 11.5 Å². The van der Waals surface area contributed by atoms with E-state index in [2.05, 4.69) is 103 Å². The van der Waals surface area contributed by atoms with Gasteiger partial charge in [-0.05, 0) is 84.6 Å². The van der Waals surface area contributed by atoms with Crippen LogP contribution < -0.4 is 9.64 Å². The first-order chi connectivity index (χ1) is 20.6. The molecule has 8 rings (SSSR count). The maximum absolute atomic E-state index is 6.69. The third kappa shape index (κ3) is 4.49. The van der Waals surface area contributed by atoms with E-state index in [1.54, 1.807) is 0 Å². The fourth-order valence-electron chi connectivity index (χ4n) is 6.19. The quantitative estimate of drug-likeness (QED) is 0.239. The molecule has 0 bridgehead atoms. The van der Waals surface area contributed by atoms with Crippen LogP contribution in [0.25, 0.3) is 44.3 Å². The number of morpholine rings is 1. The molecule has 2 N–H and O–H groups in total. The lowest BCUT2D eigenvalue weighted by Crippen LogP contribution is -2.41. The van der Waals surface area contributed by atoms with Crippen molar-refractivity contribution in [2.75, 3.05) is 44.3 Å². The van der Waals surface area contributed by atoms with Crippen molar-refractivity contribution in [2.24, 2.45) is 0 Å². The highest BCUT2D eigenvalue weighted by Crippen LogP contribution is 2.49. The number of hydrogen-bond acceptors (Lipinski definition) is 6. The van der Waals surface area contributed by atoms with E-state index in [1.165, 1.54) is 0 Å². The molecule has 0 aliphatic carbocycles. The van der Waals surface area contributed by atoms with Crippen molar-refractivity contribution in [3.8, 4) is 33.8 Å². The molecule has 0 unspecified atom stereocenters. The smallest absolute Gasteiger partial charge is 0.151 e. The molecule has 8 nitrogen and oxygen atoms in total. The lowest BCUT2D eigenvalue weighted by molar-refractivity contribution is 0.0394. The van der Waals surface area contributed by atoms with E-state index in [9.17, 15) is 0 Å². The van der Waals surface area contributed by atoms with Crippen LogP contribution >= 0.6 is 0 Å². The number of nitrogens with zero attached hydrogens (tertiary/aromatic N) is 4. The highest BCUT2D eigenvalue weighted by molar-refractivity contribution is 5.87. The van der Waals surface area contributed by atoms with Gasteiger partial charge in [0.05, 0.1) is 46.7 Å². The molecule has 2 aliphatic heterocycles. The zero-order chi connectivity index (χ0) is 28.2. The highest BCUT2D eigenvalue weighted by Gasteiger charge is 2.26. The average molecular weight is 557 g/mol. The van der Waals surface area contributed by atoms with Crippen LogP contribution in [0.2, 0.25) is 0 Å². The van der Waals surface area contributed by atoms with Crippen LogP contribution in [-0.2, 0) is 4.74 Å². The van der Waals surface area contributed by atoms with E-state index < -0.39 is 0 Å². The summed E-state index contributed by atoms with van der Waals surface area (Å²) in [4.78, 5) is 20.7. The second-order valence-electron chi connectivity index (χ2n) is 11.2. The Morgan fingerprint density at radius 3 is 1.69 bits per heavy atom. The Hall–Kier alpha value is -4.66. The topological polar surface area (TPSA) is 82.3 Å². The number of H-pyrrole nitrogens is 2. The van der Waals surface area contributed by atoms with E-state index in [-0.39, 0.29) is 0 Å². The molecule has 0 spiro atoms. The van der Waals surface area contributed by atoms with Crippen molar-refractivity contribution in [1.29, 1.82) is 0 Å². The van der Waals surface area contributed by atoms with Crippen molar-refractivity contribution in [3.05, 3.63) is 84.4 Å². The summed E-state index contributed by atoms with van der Waals surface area (Å²) in [5.41, 5.74) is 10.7. The van der Waals surface area contributed by atoms with Gasteiger partial charge in [0.1, 0.15) is 11.6 Å². The molecule has 1 fully saturated rings. The van der Waals surface area contributed by atoms with Gasteiger partial charge in [0, 0.05) is 26.2 Å². The largest absolute Gasteiger partial charge is 0.453 e. The third-order valence-corrected chi connectivity index (χ3v) is 8.33. The van der Waals surface area contributed by atoms with Crippen LogP contribution in [0.5, 0.6) is 11.5 Å². The SMILES string of the molecule is Cc1nc2ccc(-c3ccc4c(c3)Oc3cc(-c5ccc6nc(C)[nH]c6c5)ccc3N4CCN3CCOCC3)cc2[nH]1. The van der Waals surface area contributed by atoms with E-state index >= 15 is 0 Å². The number of rotatable bonds is 5. The van der Waals surface area contributed by atoms with E-state index in [1.807, 2.05) is 13.8 Å². The molecular formula is C34H32N6O2. The molecule has 0 radical (unpaired) electrons. The first-order valence-electron chi connectivity index (χ1n) is 14.5. The van der Waals surface area contributed by atoms with Gasteiger partial charge in [-0.15, -0.1) is 0 Å². The summed E-state index contributed by atoms with van der Waals surface area (Å²) >= 11 is 0. The number of aryl methyl sites for hydroxylation is 2. The van der Waals surface area contributed by atoms with Gasteiger partial charge in [0.25, 0.3) is 0 Å². The summed E-state index contributed by atoms with van der Waals surface area (Å²) in [6, 6.07) is 25.8. The minimum atomic E-state index is 0.795. The normalized spacial score (nSPS) is 15.1. The van der Waals surface area contributed by atoms with Crippen LogP contribution in [-0.4, -0.2) is 64.2 Å². The average Bonchev–Trinajstić information content (AvgIpc) is 3.58. The molecular weight excluding hydrogens is 524 g/mol. The first-order valence-corrected chi connectivity index (χ1v) is 14.5. The number of benzene rings is 4. The Balaban J connectivity index is 1.18. The zero-order valence-corrected chi connectivity index (χ0v) is 23.8. The minimum Gasteiger partial charge on any atom is -0.453 e. The second-order valence-corrected chi connectivity index (χ2v) is 11.2. The van der Waals surface area contributed by atoms with Crippen molar-refractivity contribution in [2.45, 2.75) is 13.8 Å². The Kier molecular flexibility index (Phi) is 5.98. The Bertz CT molecular complexity index is 1820. The van der Waals surface area contributed by atoms with Gasteiger partial charge >= 0.3 is 0 Å². The van der Waals surface area contributed by atoms with Gasteiger partial charge in [0.2, 0.25) is 0 Å². The van der Waals surface area contributed by atoms with E-state index in [4.69, 9.17) is 9.47 Å². The minimum absolute atomic E-state index is 0.795. The Morgan fingerprint density at radius 1 is 0.643 bits per heavy atom. The van der Waals surface area contributed by atoms with Gasteiger partial charge in [-0.25, -0.2) is 9.97 Å². The molecule has 2 aliphatic rings. The van der Waals surface area contributed by atoms with Crippen molar-refractivity contribution < 1.29 is 9.47 Å². The lowest BCUT2D eigenvalue weighted by atomic mass is 10.0. The molecule has 210 valence electrons. The number of nitrogens with one attached hydrogen (secondary N) is 2. The summed E-state index contributed by atoms with van der Waals surface area (Å²) in [7, 11) is 0. The van der Waals surface area contributed by atoms with Crippen LogP contribution in [0.1, 0.15) is 11.6 Å². The monoisotopic (exact) mass is 556 g/mol. The van der Waals surface area contributed by atoms with Crippen LogP contribution in [0.15, 0.2) is 72.8 Å². The number of aromatic amines is 2. The fraction of sp³-hybridized carbons (Fsp3) is 0.235. The van der Waals surface area contributed by atoms with Crippen molar-refractivity contribution in [1.82, 2.24) is 24.8 Å². The number of aromatic nitrogens is 4. The molecule has 0 saturated carbocycles. The first kappa shape index (κ1) is 25.1. The molecule has 4 heterocycles. The number of hydrogen-bond donors (Lipinski definition) is 2. The zero-order valence-electron chi connectivity index (χ0n) is 23.8. The lowest BCUT2D eigenvalue weighted by Gasteiger charge is -2.35. The van der Waals surface area contributed by atoms with Crippen LogP contribution in [0.4, 0.5) is 11.4 Å². The number of fused-ring (bicyclic) bond motifs is 4. The Morgan fingerprint density at radius 2 is 1.14 bits per heavy atom. The van der Waals surface area contributed by atoms with Gasteiger partial charge in [-0.1, -0.05) is 24.3 Å². The highest BCUT2D eigenvalue weighted by atomic mass is 16.5. The fourth-order valence-corrected chi connectivity index (χ4v) is 6.19. The summed E-state index contributed by atoms with van der Waals surface area (Å²) < 4.78 is 12.3. The summed E-state index contributed by atoms with van der Waals surface area (Å²) in [5, 5.41) is 0. The molecule has 4 aromatic carbocycles.